The highest BCUT2D eigenvalue weighted by Gasteiger charge is 2.33. The van der Waals surface area contributed by atoms with Crippen LogP contribution in [0.15, 0.2) is 70.2 Å². The lowest BCUT2D eigenvalue weighted by Gasteiger charge is -2.25. The minimum absolute atomic E-state index is 0.106. The molecule has 118 valence electrons. The smallest absolute Gasteiger partial charge is 0.0984 e. The number of fused-ring (bicyclic) bond motifs is 3. The number of allylic oxidation sites excluding steroid dienone is 1. The first-order valence-electron chi connectivity index (χ1n) is 8.00. The summed E-state index contributed by atoms with van der Waals surface area (Å²) in [4.78, 5) is 0. The first-order valence-corrected chi connectivity index (χ1v) is 8.81. The van der Waals surface area contributed by atoms with E-state index in [1.54, 1.807) is 0 Å². The fourth-order valence-corrected chi connectivity index (χ4v) is 4.71. The first-order chi connectivity index (χ1) is 11.8. The largest absolute Gasteiger partial charge is 0.392 e. The van der Waals surface area contributed by atoms with Gasteiger partial charge in [-0.25, -0.2) is 0 Å². The number of aromatic nitrogens is 1. The lowest BCUT2D eigenvalue weighted by Crippen LogP contribution is -2.15. The van der Waals surface area contributed by atoms with E-state index in [2.05, 4.69) is 54.0 Å². The number of nitrogens with zero attached hydrogens (tertiary/aromatic N) is 2. The van der Waals surface area contributed by atoms with Crippen LogP contribution in [0.25, 0.3) is 10.9 Å². The lowest BCUT2D eigenvalue weighted by molar-refractivity contribution is 0.711. The second-order valence-electron chi connectivity index (χ2n) is 5.82. The number of rotatable bonds is 2. The Morgan fingerprint density at radius 3 is 2.54 bits per heavy atom. The summed E-state index contributed by atoms with van der Waals surface area (Å²) in [5.41, 5.74) is 10.4. The van der Waals surface area contributed by atoms with Gasteiger partial charge < -0.3 is 10.3 Å². The number of aryl methyl sites for hydroxylation is 1. The summed E-state index contributed by atoms with van der Waals surface area (Å²) in [6.45, 7) is 3.02. The normalized spacial score (nSPS) is 16.9. The maximum absolute atomic E-state index is 9.75. The quantitative estimate of drug-likeness (QED) is 0.747. The Morgan fingerprint density at radius 1 is 1.12 bits per heavy atom. The van der Waals surface area contributed by atoms with Crippen molar-refractivity contribution in [3.8, 4) is 6.07 Å². The van der Waals surface area contributed by atoms with Gasteiger partial charge in [-0.1, -0.05) is 60.3 Å². The number of hydrogen-bond acceptors (Lipinski definition) is 3. The van der Waals surface area contributed by atoms with E-state index < -0.39 is 0 Å². The van der Waals surface area contributed by atoms with Crippen LogP contribution in [0.3, 0.4) is 0 Å². The van der Waals surface area contributed by atoms with Crippen LogP contribution in [0.4, 0.5) is 0 Å². The van der Waals surface area contributed by atoms with Gasteiger partial charge in [0.15, 0.2) is 0 Å². The summed E-state index contributed by atoms with van der Waals surface area (Å²) in [6, 6.07) is 20.9. The molecule has 1 aromatic heterocycles. The molecule has 1 atom stereocenters. The summed E-state index contributed by atoms with van der Waals surface area (Å²) in [7, 11) is 0. The van der Waals surface area contributed by atoms with E-state index in [0.29, 0.717) is 10.6 Å². The molecule has 0 saturated carbocycles. The minimum Gasteiger partial charge on any atom is -0.392 e. The Hall–Kier alpha value is -2.64. The Morgan fingerprint density at radius 2 is 1.83 bits per heavy atom. The van der Waals surface area contributed by atoms with Crippen molar-refractivity contribution in [2.75, 3.05) is 0 Å². The third kappa shape index (κ3) is 2.05. The highest BCUT2D eigenvalue weighted by Crippen LogP contribution is 2.49. The molecule has 0 spiro atoms. The van der Waals surface area contributed by atoms with E-state index in [1.165, 1.54) is 28.2 Å². The van der Waals surface area contributed by atoms with Crippen molar-refractivity contribution >= 4 is 22.7 Å². The van der Waals surface area contributed by atoms with E-state index in [1.807, 2.05) is 18.2 Å². The molecule has 2 heterocycles. The number of para-hydroxylation sites is 1. The van der Waals surface area contributed by atoms with E-state index >= 15 is 0 Å². The second kappa shape index (κ2) is 5.77. The SMILES string of the molecule is CCn1c2c(c3ccccc31)C(c1ccccc1)C(C#N)=C(N)S2. The van der Waals surface area contributed by atoms with Gasteiger partial charge in [0.25, 0.3) is 0 Å². The summed E-state index contributed by atoms with van der Waals surface area (Å²) in [5, 5.41) is 12.7. The zero-order valence-corrected chi connectivity index (χ0v) is 14.2. The van der Waals surface area contributed by atoms with Crippen LogP contribution in [0, 0.1) is 11.3 Å². The van der Waals surface area contributed by atoms with Crippen LogP contribution >= 0.6 is 11.8 Å². The van der Waals surface area contributed by atoms with E-state index in [-0.39, 0.29) is 5.92 Å². The highest BCUT2D eigenvalue weighted by molar-refractivity contribution is 8.03. The molecular weight excluding hydrogens is 314 g/mol. The average molecular weight is 331 g/mol. The molecule has 0 radical (unpaired) electrons. The van der Waals surface area contributed by atoms with E-state index in [4.69, 9.17) is 5.73 Å². The monoisotopic (exact) mass is 331 g/mol. The molecule has 0 bridgehead atoms. The molecule has 0 amide bonds. The number of hydrogen-bond donors (Lipinski definition) is 1. The Bertz CT molecular complexity index is 993. The predicted molar refractivity (Wildman–Crippen MR) is 98.6 cm³/mol. The zero-order valence-electron chi connectivity index (χ0n) is 13.4. The zero-order chi connectivity index (χ0) is 16.7. The summed E-state index contributed by atoms with van der Waals surface area (Å²) < 4.78 is 2.30. The lowest BCUT2D eigenvalue weighted by atomic mass is 9.85. The average Bonchev–Trinajstić information content (AvgIpc) is 2.94. The van der Waals surface area contributed by atoms with Crippen molar-refractivity contribution in [2.24, 2.45) is 5.73 Å². The second-order valence-corrected chi connectivity index (χ2v) is 6.85. The van der Waals surface area contributed by atoms with Gasteiger partial charge in [-0.3, -0.25) is 0 Å². The van der Waals surface area contributed by atoms with Crippen LogP contribution in [0.1, 0.15) is 24.0 Å². The van der Waals surface area contributed by atoms with Crippen LogP contribution in [-0.4, -0.2) is 4.57 Å². The third-order valence-electron chi connectivity index (χ3n) is 4.58. The van der Waals surface area contributed by atoms with Gasteiger partial charge in [-0.2, -0.15) is 5.26 Å². The molecule has 3 aromatic rings. The van der Waals surface area contributed by atoms with Crippen LogP contribution in [0.2, 0.25) is 0 Å². The topological polar surface area (TPSA) is 54.7 Å². The van der Waals surface area contributed by atoms with E-state index in [9.17, 15) is 5.26 Å². The standard InChI is InChI=1S/C20H17N3S/c1-2-23-16-11-7-6-10-14(16)18-17(13-8-4-3-5-9-13)15(12-21)19(22)24-20(18)23/h3-11,17H,2,22H2,1H3. The molecule has 1 aliphatic rings. The summed E-state index contributed by atoms with van der Waals surface area (Å²) in [5.74, 6) is -0.106. The molecule has 3 nitrogen and oxygen atoms in total. The number of thioether (sulfide) groups is 1. The molecule has 1 unspecified atom stereocenters. The fourth-order valence-electron chi connectivity index (χ4n) is 3.55. The Balaban J connectivity index is 2.09. The molecule has 4 rings (SSSR count). The van der Waals surface area contributed by atoms with Gasteiger partial charge >= 0.3 is 0 Å². The van der Waals surface area contributed by atoms with Crippen molar-refractivity contribution in [2.45, 2.75) is 24.4 Å². The van der Waals surface area contributed by atoms with Crippen molar-refractivity contribution in [1.29, 1.82) is 5.26 Å². The molecule has 4 heteroatoms. The highest BCUT2D eigenvalue weighted by atomic mass is 32.2. The number of nitriles is 1. The molecular formula is C20H17N3S. The van der Waals surface area contributed by atoms with Gasteiger partial charge in [-0.15, -0.1) is 0 Å². The Kier molecular flexibility index (Phi) is 3.59. The van der Waals surface area contributed by atoms with Crippen molar-refractivity contribution in [3.05, 3.63) is 76.3 Å². The predicted octanol–water partition coefficient (Wildman–Crippen LogP) is 4.59. The Labute approximate surface area is 145 Å². The summed E-state index contributed by atoms with van der Waals surface area (Å²) in [6.07, 6.45) is 0. The molecule has 1 aliphatic heterocycles. The third-order valence-corrected chi connectivity index (χ3v) is 5.65. The molecule has 2 N–H and O–H groups in total. The maximum atomic E-state index is 9.75. The molecule has 0 saturated heterocycles. The van der Waals surface area contributed by atoms with Crippen LogP contribution in [-0.2, 0) is 6.54 Å². The van der Waals surface area contributed by atoms with Crippen LogP contribution in [0.5, 0.6) is 0 Å². The van der Waals surface area contributed by atoms with Crippen LogP contribution < -0.4 is 5.73 Å². The van der Waals surface area contributed by atoms with Crippen molar-refractivity contribution < 1.29 is 0 Å². The van der Waals surface area contributed by atoms with Crippen molar-refractivity contribution in [3.63, 3.8) is 0 Å². The van der Waals surface area contributed by atoms with Gasteiger partial charge in [0, 0.05) is 28.9 Å². The fraction of sp³-hybridized carbons (Fsp3) is 0.150. The molecule has 0 fully saturated rings. The minimum atomic E-state index is -0.106. The van der Waals surface area contributed by atoms with Gasteiger partial charge in [0.05, 0.1) is 21.7 Å². The van der Waals surface area contributed by atoms with Crippen molar-refractivity contribution in [1.82, 2.24) is 4.57 Å². The van der Waals surface area contributed by atoms with E-state index in [0.717, 1.165) is 17.1 Å². The maximum Gasteiger partial charge on any atom is 0.0984 e. The summed E-state index contributed by atoms with van der Waals surface area (Å²) >= 11 is 1.52. The molecule has 24 heavy (non-hydrogen) atoms. The number of benzene rings is 2. The molecule has 2 aromatic carbocycles. The van der Waals surface area contributed by atoms with Gasteiger partial charge in [0.1, 0.15) is 0 Å². The number of nitrogens with two attached hydrogens (primary N) is 1. The van der Waals surface area contributed by atoms with Gasteiger partial charge in [-0.05, 0) is 18.6 Å². The molecule has 0 aliphatic carbocycles. The first kappa shape index (κ1) is 14.9. The van der Waals surface area contributed by atoms with Gasteiger partial charge in [0.2, 0.25) is 0 Å².